The van der Waals surface area contributed by atoms with Crippen molar-refractivity contribution in [1.29, 1.82) is 0 Å². The van der Waals surface area contributed by atoms with Gasteiger partial charge in [-0.1, -0.05) is 48.0 Å². The Morgan fingerprint density at radius 2 is 1.86 bits per heavy atom. The summed E-state index contributed by atoms with van der Waals surface area (Å²) in [6, 6.07) is 20.4. The van der Waals surface area contributed by atoms with Crippen molar-refractivity contribution in [3.05, 3.63) is 92.8 Å². The lowest BCUT2D eigenvalue weighted by Crippen LogP contribution is -2.36. The minimum Gasteiger partial charge on any atom is -0.493 e. The molecule has 3 aromatic rings. The first-order chi connectivity index (χ1) is 17.3. The highest BCUT2D eigenvalue weighted by Crippen LogP contribution is 2.35. The topological polar surface area (TPSA) is 84.9 Å². The van der Waals surface area contributed by atoms with Crippen LogP contribution in [0.15, 0.2) is 76.1 Å². The molecule has 36 heavy (non-hydrogen) atoms. The smallest absolute Gasteiger partial charge is 0.294 e. The van der Waals surface area contributed by atoms with E-state index < -0.39 is 17.1 Å². The number of ether oxygens (including phenoxy) is 2. The summed E-state index contributed by atoms with van der Waals surface area (Å²) in [6.45, 7) is 2.03. The van der Waals surface area contributed by atoms with Gasteiger partial charge >= 0.3 is 0 Å². The van der Waals surface area contributed by atoms with Gasteiger partial charge in [-0.2, -0.15) is 0 Å². The van der Waals surface area contributed by atoms with E-state index >= 15 is 0 Å². The van der Waals surface area contributed by atoms with Crippen LogP contribution in [0.1, 0.15) is 16.7 Å². The number of benzene rings is 3. The molecule has 3 amide bonds. The van der Waals surface area contributed by atoms with E-state index in [2.05, 4.69) is 27.3 Å². The van der Waals surface area contributed by atoms with Crippen LogP contribution in [0.25, 0.3) is 6.08 Å². The molecule has 0 unspecified atom stereocenters. The van der Waals surface area contributed by atoms with Crippen LogP contribution in [0.4, 0.5) is 10.5 Å². The molecule has 0 aromatic heterocycles. The second kappa shape index (κ2) is 11.5. The summed E-state index contributed by atoms with van der Waals surface area (Å²) in [6.07, 6.45) is 1.60. The zero-order valence-electron chi connectivity index (χ0n) is 19.6. The lowest BCUT2D eigenvalue weighted by Gasteiger charge is -2.13. The number of nitrogens with zero attached hydrogens (tertiary/aromatic N) is 1. The van der Waals surface area contributed by atoms with Gasteiger partial charge in [0.25, 0.3) is 11.1 Å². The summed E-state index contributed by atoms with van der Waals surface area (Å²) in [5.74, 6) is 0.0738. The second-order valence-electron chi connectivity index (χ2n) is 7.98. The molecular formula is C27H23BrN2O5S. The SMILES string of the molecule is COc1cc(/C=C2\SC(=O)N(CC(=O)Nc3ccccc3Br)C2=O)ccc1OCc1cccc(C)c1. The van der Waals surface area contributed by atoms with E-state index in [-0.39, 0.29) is 11.4 Å². The molecule has 0 radical (unpaired) electrons. The van der Waals surface area contributed by atoms with Gasteiger partial charge in [0.2, 0.25) is 5.91 Å². The molecule has 0 saturated carbocycles. The van der Waals surface area contributed by atoms with Crippen LogP contribution >= 0.6 is 27.7 Å². The van der Waals surface area contributed by atoms with E-state index in [1.54, 1.807) is 42.5 Å². The summed E-state index contributed by atoms with van der Waals surface area (Å²) in [5, 5.41) is 2.20. The minimum absolute atomic E-state index is 0.226. The Kier molecular flexibility index (Phi) is 8.12. The maximum Gasteiger partial charge on any atom is 0.294 e. The van der Waals surface area contributed by atoms with Crippen LogP contribution in [-0.2, 0) is 16.2 Å². The predicted molar refractivity (Wildman–Crippen MR) is 144 cm³/mol. The molecule has 1 saturated heterocycles. The molecule has 0 atom stereocenters. The number of para-hydroxylation sites is 1. The number of nitrogens with one attached hydrogen (secondary N) is 1. The number of hydrogen-bond acceptors (Lipinski definition) is 6. The van der Waals surface area contributed by atoms with Gasteiger partial charge < -0.3 is 14.8 Å². The summed E-state index contributed by atoms with van der Waals surface area (Å²) >= 11 is 4.15. The summed E-state index contributed by atoms with van der Waals surface area (Å²) in [4.78, 5) is 38.9. The summed E-state index contributed by atoms with van der Waals surface area (Å²) in [7, 11) is 1.54. The number of aryl methyl sites for hydroxylation is 1. The Morgan fingerprint density at radius 3 is 2.61 bits per heavy atom. The van der Waals surface area contributed by atoms with E-state index in [0.717, 1.165) is 27.8 Å². The van der Waals surface area contributed by atoms with Crippen molar-refractivity contribution < 1.29 is 23.9 Å². The molecule has 1 aliphatic heterocycles. The van der Waals surface area contributed by atoms with Crippen LogP contribution in [0.2, 0.25) is 0 Å². The molecule has 0 bridgehead atoms. The van der Waals surface area contributed by atoms with Gasteiger partial charge in [0.05, 0.1) is 17.7 Å². The van der Waals surface area contributed by atoms with Crippen molar-refractivity contribution >= 4 is 56.5 Å². The van der Waals surface area contributed by atoms with Crippen molar-refractivity contribution in [2.45, 2.75) is 13.5 Å². The highest BCUT2D eigenvalue weighted by molar-refractivity contribution is 9.10. The van der Waals surface area contributed by atoms with Gasteiger partial charge in [-0.25, -0.2) is 0 Å². The molecule has 1 heterocycles. The highest BCUT2D eigenvalue weighted by atomic mass is 79.9. The number of carbonyl (C=O) groups is 3. The number of halogens is 1. The Morgan fingerprint density at radius 1 is 1.06 bits per heavy atom. The molecule has 0 spiro atoms. The lowest BCUT2D eigenvalue weighted by molar-refractivity contribution is -0.127. The van der Waals surface area contributed by atoms with Crippen LogP contribution in [-0.4, -0.2) is 35.6 Å². The van der Waals surface area contributed by atoms with Crippen molar-refractivity contribution in [3.8, 4) is 11.5 Å². The molecule has 1 N–H and O–H groups in total. The van der Waals surface area contributed by atoms with E-state index in [1.807, 2.05) is 31.2 Å². The van der Waals surface area contributed by atoms with E-state index in [9.17, 15) is 14.4 Å². The van der Waals surface area contributed by atoms with Crippen molar-refractivity contribution in [2.75, 3.05) is 19.0 Å². The quantitative estimate of drug-likeness (QED) is 0.335. The van der Waals surface area contributed by atoms with Gasteiger partial charge in [-0.05, 0) is 76.1 Å². The molecule has 1 fully saturated rings. The summed E-state index contributed by atoms with van der Waals surface area (Å²) in [5.41, 5.74) is 3.41. The van der Waals surface area contributed by atoms with Gasteiger partial charge in [-0.3, -0.25) is 19.3 Å². The third kappa shape index (κ3) is 6.16. The molecule has 9 heteroatoms. The number of methoxy groups -OCH3 is 1. The summed E-state index contributed by atoms with van der Waals surface area (Å²) < 4.78 is 12.1. The first-order valence-electron chi connectivity index (χ1n) is 11.0. The number of amides is 3. The molecule has 184 valence electrons. The monoisotopic (exact) mass is 566 g/mol. The van der Waals surface area contributed by atoms with Gasteiger partial charge in [0.1, 0.15) is 13.2 Å². The molecule has 1 aliphatic rings. The first-order valence-corrected chi connectivity index (χ1v) is 12.6. The minimum atomic E-state index is -0.522. The van der Waals surface area contributed by atoms with E-state index in [4.69, 9.17) is 9.47 Å². The Balaban J connectivity index is 1.43. The van der Waals surface area contributed by atoms with Crippen LogP contribution in [0.3, 0.4) is 0 Å². The third-order valence-corrected chi connectivity index (χ3v) is 6.88. The van der Waals surface area contributed by atoms with Gasteiger partial charge in [0.15, 0.2) is 11.5 Å². The van der Waals surface area contributed by atoms with Gasteiger partial charge in [-0.15, -0.1) is 0 Å². The van der Waals surface area contributed by atoms with Crippen molar-refractivity contribution in [1.82, 2.24) is 4.90 Å². The fourth-order valence-electron chi connectivity index (χ4n) is 3.54. The Bertz CT molecular complexity index is 1360. The van der Waals surface area contributed by atoms with Gasteiger partial charge in [0, 0.05) is 4.47 Å². The molecule has 0 aliphatic carbocycles. The molecule has 3 aromatic carbocycles. The number of rotatable bonds is 8. The number of hydrogen-bond donors (Lipinski definition) is 1. The Labute approximate surface area is 221 Å². The number of carbonyl (C=O) groups excluding carboxylic acids is 3. The lowest BCUT2D eigenvalue weighted by atomic mass is 10.1. The first kappa shape index (κ1) is 25.5. The molecule has 7 nitrogen and oxygen atoms in total. The van der Waals surface area contributed by atoms with Crippen molar-refractivity contribution in [2.24, 2.45) is 0 Å². The maximum atomic E-state index is 12.9. The predicted octanol–water partition coefficient (Wildman–Crippen LogP) is 6.02. The fourth-order valence-corrected chi connectivity index (χ4v) is 4.76. The number of imide groups is 1. The highest BCUT2D eigenvalue weighted by Gasteiger charge is 2.36. The zero-order chi connectivity index (χ0) is 25.7. The van der Waals surface area contributed by atoms with Crippen molar-refractivity contribution in [3.63, 3.8) is 0 Å². The average molecular weight is 567 g/mol. The normalized spacial score (nSPS) is 14.3. The average Bonchev–Trinajstić information content (AvgIpc) is 3.11. The molecule has 4 rings (SSSR count). The van der Waals surface area contributed by atoms with Crippen LogP contribution < -0.4 is 14.8 Å². The second-order valence-corrected chi connectivity index (χ2v) is 9.83. The van der Waals surface area contributed by atoms with Crippen LogP contribution in [0, 0.1) is 6.92 Å². The standard InChI is InChI=1S/C27H23BrN2O5S/c1-17-6-5-7-19(12-17)16-35-22-11-10-18(13-23(22)34-2)14-24-26(32)30(27(33)36-24)15-25(31)29-21-9-4-3-8-20(21)28/h3-14H,15-16H2,1-2H3,(H,29,31)/b24-14-. The third-order valence-electron chi connectivity index (χ3n) is 5.29. The zero-order valence-corrected chi connectivity index (χ0v) is 22.0. The van der Waals surface area contributed by atoms with Crippen LogP contribution in [0.5, 0.6) is 11.5 Å². The Hall–Kier alpha value is -3.56. The number of anilines is 1. The number of thioether (sulfide) groups is 1. The largest absolute Gasteiger partial charge is 0.493 e. The molecular weight excluding hydrogens is 544 g/mol. The van der Waals surface area contributed by atoms with E-state index in [1.165, 1.54) is 7.11 Å². The fraction of sp³-hybridized carbons (Fsp3) is 0.148. The van der Waals surface area contributed by atoms with E-state index in [0.29, 0.717) is 33.8 Å². The maximum absolute atomic E-state index is 12.9.